The van der Waals surface area contributed by atoms with Crippen molar-refractivity contribution in [2.75, 3.05) is 0 Å². The van der Waals surface area contributed by atoms with Gasteiger partial charge < -0.3 is 4.74 Å². The van der Waals surface area contributed by atoms with Gasteiger partial charge in [-0.1, -0.05) is 50.1 Å². The van der Waals surface area contributed by atoms with E-state index >= 15 is 0 Å². The lowest BCUT2D eigenvalue weighted by atomic mass is 9.77. The first kappa shape index (κ1) is 21.9. The molecule has 4 rings (SSSR count). The van der Waals surface area contributed by atoms with E-state index in [2.05, 4.69) is 35.9 Å². The van der Waals surface area contributed by atoms with Gasteiger partial charge in [0, 0.05) is 0 Å². The number of halogens is 4. The van der Waals surface area contributed by atoms with Crippen molar-refractivity contribution in [1.82, 2.24) is 0 Å². The van der Waals surface area contributed by atoms with Gasteiger partial charge in [0.2, 0.25) is 0 Å². The largest absolute Gasteiger partial charge is 0.573 e. The van der Waals surface area contributed by atoms with E-state index in [1.165, 1.54) is 50.2 Å². The van der Waals surface area contributed by atoms with Crippen molar-refractivity contribution in [1.29, 1.82) is 0 Å². The molecular weight excluding hydrogens is 404 g/mol. The fraction of sp³-hybridized carbons (Fsp3) is 0.462. The van der Waals surface area contributed by atoms with Crippen LogP contribution in [0.15, 0.2) is 36.4 Å². The lowest BCUT2D eigenvalue weighted by Gasteiger charge is -2.28. The maximum absolute atomic E-state index is 14.1. The maximum atomic E-state index is 14.1. The zero-order chi connectivity index (χ0) is 22.0. The molecule has 2 aliphatic carbocycles. The van der Waals surface area contributed by atoms with E-state index in [1.54, 1.807) is 0 Å². The molecule has 0 aromatic heterocycles. The van der Waals surface area contributed by atoms with Gasteiger partial charge in [0.05, 0.1) is 0 Å². The van der Waals surface area contributed by atoms with Crippen molar-refractivity contribution in [2.24, 2.45) is 5.92 Å². The molecule has 2 aliphatic rings. The van der Waals surface area contributed by atoms with Gasteiger partial charge in [-0.3, -0.25) is 0 Å². The molecule has 2 aromatic rings. The molecule has 1 nitrogen and oxygen atoms in total. The van der Waals surface area contributed by atoms with E-state index in [9.17, 15) is 17.6 Å². The summed E-state index contributed by atoms with van der Waals surface area (Å²) in [6.07, 6.45) is 5.97. The van der Waals surface area contributed by atoms with Gasteiger partial charge in [0.15, 0.2) is 11.6 Å². The van der Waals surface area contributed by atoms with Crippen LogP contribution in [0.3, 0.4) is 0 Å². The van der Waals surface area contributed by atoms with Crippen LogP contribution in [-0.2, 0) is 6.42 Å². The van der Waals surface area contributed by atoms with Gasteiger partial charge >= 0.3 is 6.36 Å². The minimum Gasteiger partial charge on any atom is -0.403 e. The number of hydrogen-bond acceptors (Lipinski definition) is 1. The van der Waals surface area contributed by atoms with E-state index < -0.39 is 17.9 Å². The maximum Gasteiger partial charge on any atom is 0.573 e. The number of fused-ring (bicyclic) bond motifs is 1. The molecule has 0 atom stereocenters. The fourth-order valence-electron chi connectivity index (χ4n) is 5.08. The molecule has 0 N–H and O–H groups in total. The van der Waals surface area contributed by atoms with Crippen molar-refractivity contribution in [3.63, 3.8) is 0 Å². The van der Waals surface area contributed by atoms with E-state index in [-0.39, 0.29) is 0 Å². The van der Waals surface area contributed by atoms with Crippen LogP contribution in [0.25, 0.3) is 11.6 Å². The number of alkyl halides is 3. The summed E-state index contributed by atoms with van der Waals surface area (Å²) in [5.74, 6) is -0.247. The highest BCUT2D eigenvalue weighted by atomic mass is 19.4. The predicted octanol–water partition coefficient (Wildman–Crippen LogP) is 8.29. The van der Waals surface area contributed by atoms with Crippen LogP contribution in [0.5, 0.6) is 5.75 Å². The minimum atomic E-state index is -4.90. The Hall–Kier alpha value is -2.30. The summed E-state index contributed by atoms with van der Waals surface area (Å²) in [5, 5.41) is 0. The Bertz CT molecular complexity index is 935. The zero-order valence-electron chi connectivity index (χ0n) is 17.8. The SMILES string of the molecule is CCCC1CCC(c2ccc(C3=Cc4cc(F)c(OC(F)(F)F)cc4CC3)cc2)CC1. The number of benzene rings is 2. The fourth-order valence-corrected chi connectivity index (χ4v) is 5.08. The van der Waals surface area contributed by atoms with Crippen LogP contribution in [-0.4, -0.2) is 6.36 Å². The minimum absolute atomic E-state index is 0.554. The first-order valence-corrected chi connectivity index (χ1v) is 11.2. The monoisotopic (exact) mass is 432 g/mol. The highest BCUT2D eigenvalue weighted by molar-refractivity contribution is 5.84. The predicted molar refractivity (Wildman–Crippen MR) is 115 cm³/mol. The van der Waals surface area contributed by atoms with Gasteiger partial charge in [-0.15, -0.1) is 13.2 Å². The van der Waals surface area contributed by atoms with Crippen molar-refractivity contribution in [3.05, 3.63) is 64.5 Å². The molecule has 0 bridgehead atoms. The van der Waals surface area contributed by atoms with Gasteiger partial charge in [-0.05, 0) is 90.3 Å². The first-order chi connectivity index (χ1) is 14.8. The molecule has 0 aliphatic heterocycles. The molecule has 1 fully saturated rings. The van der Waals surface area contributed by atoms with Crippen LogP contribution in [0.4, 0.5) is 17.6 Å². The molecule has 0 radical (unpaired) electrons. The topological polar surface area (TPSA) is 9.23 Å². The van der Waals surface area contributed by atoms with Crippen molar-refractivity contribution >= 4 is 11.6 Å². The molecule has 0 saturated heterocycles. The van der Waals surface area contributed by atoms with Crippen LogP contribution in [0.2, 0.25) is 0 Å². The number of ether oxygens (including phenoxy) is 1. The van der Waals surface area contributed by atoms with Crippen LogP contribution >= 0.6 is 0 Å². The average Bonchev–Trinajstić information content (AvgIpc) is 2.74. The van der Waals surface area contributed by atoms with Crippen LogP contribution in [0.1, 0.15) is 80.0 Å². The Morgan fingerprint density at radius 3 is 2.32 bits per heavy atom. The quantitative estimate of drug-likeness (QED) is 0.432. The number of hydrogen-bond donors (Lipinski definition) is 0. The molecule has 0 spiro atoms. The summed E-state index contributed by atoms with van der Waals surface area (Å²) >= 11 is 0. The summed E-state index contributed by atoms with van der Waals surface area (Å²) in [7, 11) is 0. The highest BCUT2D eigenvalue weighted by Gasteiger charge is 2.33. The molecule has 1 saturated carbocycles. The number of aryl methyl sites for hydroxylation is 1. The van der Waals surface area contributed by atoms with Crippen molar-refractivity contribution in [3.8, 4) is 5.75 Å². The molecule has 0 unspecified atom stereocenters. The standard InChI is InChI=1S/C26H28F4O/c1-2-3-17-4-6-18(7-5-17)19-8-10-20(11-9-19)21-12-13-22-16-25(31-26(28,29)30)24(27)15-23(22)14-21/h8-11,14-18H,2-7,12-13H2,1H3. The Morgan fingerprint density at radius 1 is 0.968 bits per heavy atom. The molecule has 5 heteroatoms. The van der Waals surface area contributed by atoms with E-state index in [4.69, 9.17) is 0 Å². The lowest BCUT2D eigenvalue weighted by Crippen LogP contribution is -2.18. The lowest BCUT2D eigenvalue weighted by molar-refractivity contribution is -0.275. The third-order valence-electron chi connectivity index (χ3n) is 6.71. The molecule has 166 valence electrons. The summed E-state index contributed by atoms with van der Waals surface area (Å²) in [4.78, 5) is 0. The average molecular weight is 433 g/mol. The smallest absolute Gasteiger partial charge is 0.403 e. The van der Waals surface area contributed by atoms with Gasteiger partial charge in [-0.25, -0.2) is 4.39 Å². The van der Waals surface area contributed by atoms with Crippen molar-refractivity contribution in [2.45, 2.75) is 70.6 Å². The van der Waals surface area contributed by atoms with Crippen LogP contribution < -0.4 is 4.74 Å². The molecule has 2 aromatic carbocycles. The Kier molecular flexibility index (Phi) is 6.40. The Labute approximate surface area is 181 Å². The second kappa shape index (κ2) is 9.05. The zero-order valence-corrected chi connectivity index (χ0v) is 17.8. The molecule has 0 amide bonds. The van der Waals surface area contributed by atoms with Crippen LogP contribution in [0, 0.1) is 11.7 Å². The first-order valence-electron chi connectivity index (χ1n) is 11.2. The molecule has 31 heavy (non-hydrogen) atoms. The Morgan fingerprint density at radius 2 is 1.68 bits per heavy atom. The van der Waals surface area contributed by atoms with Gasteiger partial charge in [0.1, 0.15) is 0 Å². The molecule has 0 heterocycles. The number of allylic oxidation sites excluding steroid dienone is 1. The summed E-state index contributed by atoms with van der Waals surface area (Å²) in [6.45, 7) is 2.26. The second-order valence-corrected chi connectivity index (χ2v) is 8.83. The van der Waals surface area contributed by atoms with E-state index in [1.807, 2.05) is 6.08 Å². The highest BCUT2D eigenvalue weighted by Crippen LogP contribution is 2.39. The summed E-state index contributed by atoms with van der Waals surface area (Å²) < 4.78 is 55.3. The summed E-state index contributed by atoms with van der Waals surface area (Å²) in [6, 6.07) is 11.0. The Balaban J connectivity index is 1.47. The number of rotatable bonds is 5. The van der Waals surface area contributed by atoms with Gasteiger partial charge in [-0.2, -0.15) is 0 Å². The van der Waals surface area contributed by atoms with E-state index in [0.29, 0.717) is 29.9 Å². The second-order valence-electron chi connectivity index (χ2n) is 8.83. The van der Waals surface area contributed by atoms with E-state index in [0.717, 1.165) is 23.1 Å². The third kappa shape index (κ3) is 5.31. The normalized spacial score (nSPS) is 21.4. The van der Waals surface area contributed by atoms with Crippen molar-refractivity contribution < 1.29 is 22.3 Å². The summed E-state index contributed by atoms with van der Waals surface area (Å²) in [5.41, 5.74) is 4.84. The third-order valence-corrected chi connectivity index (χ3v) is 6.71. The molecular formula is C26H28F4O. The van der Waals surface area contributed by atoms with Gasteiger partial charge in [0.25, 0.3) is 0 Å².